The molecule has 2 unspecified atom stereocenters. The summed E-state index contributed by atoms with van der Waals surface area (Å²) in [6.45, 7) is 6.87. The zero-order valence-corrected chi connectivity index (χ0v) is 13.4. The molecule has 1 fully saturated rings. The summed E-state index contributed by atoms with van der Waals surface area (Å²) in [6.07, 6.45) is 19.2. The van der Waals surface area contributed by atoms with Gasteiger partial charge in [0.25, 0.3) is 0 Å². The predicted octanol–water partition coefficient (Wildman–Crippen LogP) is 5.89. The van der Waals surface area contributed by atoms with Crippen LogP contribution in [0.25, 0.3) is 0 Å². The van der Waals surface area contributed by atoms with Gasteiger partial charge in [0, 0.05) is 0 Å². The predicted molar refractivity (Wildman–Crippen MR) is 84.5 cm³/mol. The lowest BCUT2D eigenvalue weighted by molar-refractivity contribution is 0.362. The molecule has 19 heavy (non-hydrogen) atoms. The minimum atomic E-state index is 0.548. The molecule has 2 atom stereocenters. The molecular formula is C18H34O. The van der Waals surface area contributed by atoms with Crippen LogP contribution in [0.1, 0.15) is 85.0 Å². The molecule has 0 aromatic rings. The number of unbranched alkanes of at least 4 members (excludes halogenated alkanes) is 5. The van der Waals surface area contributed by atoms with Gasteiger partial charge in [-0.3, -0.25) is 0 Å². The highest BCUT2D eigenvalue weighted by Crippen LogP contribution is 2.29. The Morgan fingerprint density at radius 3 is 2.42 bits per heavy atom. The topological polar surface area (TPSA) is 12.5 Å². The normalized spacial score (nSPS) is 22.5. The number of hydrogen-bond donors (Lipinski definition) is 0. The van der Waals surface area contributed by atoms with E-state index in [1.54, 1.807) is 0 Å². The van der Waals surface area contributed by atoms with Gasteiger partial charge in [0.1, 0.15) is 0 Å². The van der Waals surface area contributed by atoms with E-state index < -0.39 is 0 Å². The van der Waals surface area contributed by atoms with Crippen LogP contribution >= 0.6 is 0 Å². The van der Waals surface area contributed by atoms with Crippen molar-refractivity contribution >= 4 is 0 Å². The molecule has 0 N–H and O–H groups in total. The third kappa shape index (κ3) is 9.27. The second-order valence-corrected chi connectivity index (χ2v) is 6.45. The smallest absolute Gasteiger partial charge is 0.0876 e. The molecule has 0 saturated carbocycles. The molecule has 0 bridgehead atoms. The molecule has 1 heteroatoms. The standard InChI is InChI=1S/C18H34O/c1-4-13-17-18(19-17)15-12-10-8-6-5-7-9-11-14-16(2)3/h10,12,16-18H,4-9,11,13-15H2,1-3H3/b12-10-. The van der Waals surface area contributed by atoms with E-state index in [0.29, 0.717) is 12.2 Å². The fourth-order valence-electron chi connectivity index (χ4n) is 2.62. The maximum Gasteiger partial charge on any atom is 0.0876 e. The average Bonchev–Trinajstić information content (AvgIpc) is 3.10. The zero-order valence-electron chi connectivity index (χ0n) is 13.4. The summed E-state index contributed by atoms with van der Waals surface area (Å²) in [5.74, 6) is 0.879. The SMILES string of the molecule is CCCC1OC1C/C=C\CCCCCCCC(C)C. The first-order valence-corrected chi connectivity index (χ1v) is 8.54. The Kier molecular flexibility index (Phi) is 9.24. The first-order valence-electron chi connectivity index (χ1n) is 8.54. The maximum absolute atomic E-state index is 5.60. The first kappa shape index (κ1) is 16.8. The molecule has 0 aromatic heterocycles. The Balaban J connectivity index is 1.78. The summed E-state index contributed by atoms with van der Waals surface area (Å²) in [4.78, 5) is 0. The molecular weight excluding hydrogens is 232 g/mol. The Morgan fingerprint density at radius 1 is 0.947 bits per heavy atom. The highest BCUT2D eigenvalue weighted by Gasteiger charge is 2.35. The van der Waals surface area contributed by atoms with Crippen molar-refractivity contribution < 1.29 is 4.74 Å². The van der Waals surface area contributed by atoms with Crippen LogP contribution in [0.4, 0.5) is 0 Å². The van der Waals surface area contributed by atoms with E-state index in [0.717, 1.165) is 12.3 Å². The molecule has 0 aliphatic carbocycles. The molecule has 1 saturated heterocycles. The first-order chi connectivity index (χ1) is 9.24. The van der Waals surface area contributed by atoms with E-state index in [4.69, 9.17) is 4.74 Å². The van der Waals surface area contributed by atoms with Gasteiger partial charge >= 0.3 is 0 Å². The average molecular weight is 266 g/mol. The Bertz CT molecular complexity index is 232. The number of hydrogen-bond acceptors (Lipinski definition) is 1. The molecule has 0 aromatic carbocycles. The van der Waals surface area contributed by atoms with Crippen LogP contribution in [0.15, 0.2) is 12.2 Å². The zero-order chi connectivity index (χ0) is 13.9. The van der Waals surface area contributed by atoms with Crippen LogP contribution in [0, 0.1) is 5.92 Å². The highest BCUT2D eigenvalue weighted by molar-refractivity contribution is 4.93. The van der Waals surface area contributed by atoms with Gasteiger partial charge in [-0.15, -0.1) is 0 Å². The minimum Gasteiger partial charge on any atom is -0.369 e. The van der Waals surface area contributed by atoms with Gasteiger partial charge in [0.05, 0.1) is 12.2 Å². The lowest BCUT2D eigenvalue weighted by Crippen LogP contribution is -1.90. The van der Waals surface area contributed by atoms with Crippen LogP contribution in [-0.4, -0.2) is 12.2 Å². The van der Waals surface area contributed by atoms with E-state index in [9.17, 15) is 0 Å². The number of allylic oxidation sites excluding steroid dienone is 1. The van der Waals surface area contributed by atoms with Crippen molar-refractivity contribution in [3.63, 3.8) is 0 Å². The number of epoxide rings is 1. The van der Waals surface area contributed by atoms with Crippen LogP contribution in [0.3, 0.4) is 0 Å². The van der Waals surface area contributed by atoms with Crippen molar-refractivity contribution in [3.8, 4) is 0 Å². The fraction of sp³-hybridized carbons (Fsp3) is 0.889. The summed E-state index contributed by atoms with van der Waals surface area (Å²) in [7, 11) is 0. The molecule has 1 aliphatic heterocycles. The van der Waals surface area contributed by atoms with E-state index in [2.05, 4.69) is 32.9 Å². The van der Waals surface area contributed by atoms with Gasteiger partial charge in [0.2, 0.25) is 0 Å². The van der Waals surface area contributed by atoms with E-state index in [1.165, 1.54) is 57.8 Å². The third-order valence-electron chi connectivity index (χ3n) is 3.95. The van der Waals surface area contributed by atoms with Gasteiger partial charge < -0.3 is 4.74 Å². The van der Waals surface area contributed by atoms with E-state index in [1.807, 2.05) is 0 Å². The number of rotatable bonds is 12. The van der Waals surface area contributed by atoms with Crippen molar-refractivity contribution in [2.75, 3.05) is 0 Å². The lowest BCUT2D eigenvalue weighted by Gasteiger charge is -2.03. The van der Waals surface area contributed by atoms with Crippen molar-refractivity contribution in [1.82, 2.24) is 0 Å². The van der Waals surface area contributed by atoms with Gasteiger partial charge in [-0.25, -0.2) is 0 Å². The summed E-state index contributed by atoms with van der Waals surface area (Å²) in [5, 5.41) is 0. The van der Waals surface area contributed by atoms with Crippen molar-refractivity contribution in [1.29, 1.82) is 0 Å². The largest absolute Gasteiger partial charge is 0.369 e. The van der Waals surface area contributed by atoms with Crippen molar-refractivity contribution in [2.45, 2.75) is 97.2 Å². The van der Waals surface area contributed by atoms with Crippen LogP contribution in [0.2, 0.25) is 0 Å². The lowest BCUT2D eigenvalue weighted by atomic mass is 10.0. The van der Waals surface area contributed by atoms with Crippen LogP contribution < -0.4 is 0 Å². The van der Waals surface area contributed by atoms with Gasteiger partial charge in [-0.1, -0.05) is 71.4 Å². The maximum atomic E-state index is 5.60. The van der Waals surface area contributed by atoms with Gasteiger partial charge in [-0.2, -0.15) is 0 Å². The third-order valence-corrected chi connectivity index (χ3v) is 3.95. The van der Waals surface area contributed by atoms with Crippen LogP contribution in [0.5, 0.6) is 0 Å². The number of ether oxygens (including phenoxy) is 1. The minimum absolute atomic E-state index is 0.548. The Labute approximate surface area is 120 Å². The molecule has 0 radical (unpaired) electrons. The summed E-state index contributed by atoms with van der Waals surface area (Å²) in [6, 6.07) is 0. The summed E-state index contributed by atoms with van der Waals surface area (Å²) in [5.41, 5.74) is 0. The fourth-order valence-corrected chi connectivity index (χ4v) is 2.62. The molecule has 112 valence electrons. The van der Waals surface area contributed by atoms with Crippen molar-refractivity contribution in [3.05, 3.63) is 12.2 Å². The molecule has 0 spiro atoms. The monoisotopic (exact) mass is 266 g/mol. The van der Waals surface area contributed by atoms with E-state index in [-0.39, 0.29) is 0 Å². The van der Waals surface area contributed by atoms with E-state index >= 15 is 0 Å². The molecule has 1 nitrogen and oxygen atoms in total. The summed E-state index contributed by atoms with van der Waals surface area (Å²) < 4.78 is 5.60. The molecule has 1 heterocycles. The van der Waals surface area contributed by atoms with Crippen LogP contribution in [-0.2, 0) is 4.74 Å². The van der Waals surface area contributed by atoms with Gasteiger partial charge in [-0.05, 0) is 31.6 Å². The molecule has 0 amide bonds. The van der Waals surface area contributed by atoms with Crippen molar-refractivity contribution in [2.24, 2.45) is 5.92 Å². The molecule has 1 aliphatic rings. The second-order valence-electron chi connectivity index (χ2n) is 6.45. The highest BCUT2D eigenvalue weighted by atomic mass is 16.6. The quantitative estimate of drug-likeness (QED) is 0.244. The Morgan fingerprint density at radius 2 is 1.68 bits per heavy atom. The van der Waals surface area contributed by atoms with Gasteiger partial charge in [0.15, 0.2) is 0 Å². The summed E-state index contributed by atoms with van der Waals surface area (Å²) >= 11 is 0. The molecule has 1 rings (SSSR count). The Hall–Kier alpha value is -0.300. The second kappa shape index (κ2) is 10.5.